The summed E-state index contributed by atoms with van der Waals surface area (Å²) in [6, 6.07) is 23.4. The van der Waals surface area contributed by atoms with Crippen molar-refractivity contribution in [2.75, 3.05) is 7.11 Å². The van der Waals surface area contributed by atoms with E-state index in [-0.39, 0.29) is 5.91 Å². The fourth-order valence-corrected chi connectivity index (χ4v) is 2.57. The maximum absolute atomic E-state index is 12.3. The number of carbonyl (C=O) groups is 2. The van der Waals surface area contributed by atoms with Gasteiger partial charge in [0, 0.05) is 11.1 Å². The first-order chi connectivity index (χ1) is 14.2. The second-order valence-electron chi connectivity index (χ2n) is 6.08. The summed E-state index contributed by atoms with van der Waals surface area (Å²) in [5, 5.41) is 3.94. The monoisotopic (exact) mass is 388 g/mol. The van der Waals surface area contributed by atoms with Crippen LogP contribution >= 0.6 is 0 Å². The third-order valence-electron chi connectivity index (χ3n) is 4.10. The topological polar surface area (TPSA) is 77.0 Å². The average molecular weight is 388 g/mol. The zero-order valence-corrected chi connectivity index (χ0v) is 15.9. The minimum Gasteiger partial charge on any atom is -0.489 e. The molecule has 0 unspecified atom stereocenters. The van der Waals surface area contributed by atoms with Crippen LogP contribution in [-0.2, 0) is 11.3 Å². The van der Waals surface area contributed by atoms with Crippen molar-refractivity contribution in [2.24, 2.45) is 5.10 Å². The third kappa shape index (κ3) is 5.52. The maximum atomic E-state index is 12.3. The Balaban J connectivity index is 1.57. The Labute approximate surface area is 168 Å². The van der Waals surface area contributed by atoms with E-state index in [2.05, 4.69) is 10.5 Å². The van der Waals surface area contributed by atoms with Gasteiger partial charge in [-0.3, -0.25) is 4.79 Å². The summed E-state index contributed by atoms with van der Waals surface area (Å²) in [4.78, 5) is 24.0. The van der Waals surface area contributed by atoms with E-state index < -0.39 is 5.97 Å². The van der Waals surface area contributed by atoms with Crippen molar-refractivity contribution in [1.82, 2.24) is 5.43 Å². The average Bonchev–Trinajstić information content (AvgIpc) is 2.78. The highest BCUT2D eigenvalue weighted by molar-refractivity contribution is 6.00. The number of nitrogens with one attached hydrogen (secondary N) is 1. The van der Waals surface area contributed by atoms with Gasteiger partial charge in [-0.1, -0.05) is 48.5 Å². The molecule has 6 nitrogen and oxygen atoms in total. The second kappa shape index (κ2) is 9.85. The maximum Gasteiger partial charge on any atom is 0.338 e. The Morgan fingerprint density at radius 3 is 2.34 bits per heavy atom. The normalized spacial score (nSPS) is 10.5. The molecule has 1 N–H and O–H groups in total. The number of rotatable bonds is 7. The van der Waals surface area contributed by atoms with E-state index >= 15 is 0 Å². The number of hydrogen-bond acceptors (Lipinski definition) is 5. The Hall–Kier alpha value is -3.93. The van der Waals surface area contributed by atoms with Gasteiger partial charge in [-0.05, 0) is 35.9 Å². The van der Waals surface area contributed by atoms with Gasteiger partial charge in [0.25, 0.3) is 5.91 Å². The predicted molar refractivity (Wildman–Crippen MR) is 110 cm³/mol. The molecule has 0 heterocycles. The standard InChI is InChI=1S/C23H20N2O4/c1-28-23(27)21-10-6-5-7-19(21)15-24-25-22(26)18-13-11-17(12-14-18)16-29-20-8-3-2-4-9-20/h2-15H,16H2,1H3,(H,25,26)/b24-15-. The molecule has 0 spiro atoms. The third-order valence-corrected chi connectivity index (χ3v) is 4.10. The largest absolute Gasteiger partial charge is 0.489 e. The van der Waals surface area contributed by atoms with Crippen molar-refractivity contribution in [3.63, 3.8) is 0 Å². The fourth-order valence-electron chi connectivity index (χ4n) is 2.57. The Morgan fingerprint density at radius 1 is 0.931 bits per heavy atom. The summed E-state index contributed by atoms with van der Waals surface area (Å²) in [6.07, 6.45) is 1.41. The summed E-state index contributed by atoms with van der Waals surface area (Å²) in [6.45, 7) is 0.411. The molecule has 0 aliphatic carbocycles. The molecule has 0 aromatic heterocycles. The SMILES string of the molecule is COC(=O)c1ccccc1/C=N\NC(=O)c1ccc(COc2ccccc2)cc1. The number of amides is 1. The lowest BCUT2D eigenvalue weighted by atomic mass is 10.1. The summed E-state index contributed by atoms with van der Waals surface area (Å²) in [5.74, 6) is -0.0325. The van der Waals surface area contributed by atoms with E-state index in [1.807, 2.05) is 42.5 Å². The van der Waals surface area contributed by atoms with E-state index in [0.29, 0.717) is 23.3 Å². The molecule has 0 fully saturated rings. The van der Waals surface area contributed by atoms with Gasteiger partial charge in [0.2, 0.25) is 0 Å². The molecule has 0 bridgehead atoms. The molecule has 0 aliphatic heterocycles. The summed E-state index contributed by atoms with van der Waals surface area (Å²) in [5.41, 5.74) is 4.79. The molecule has 6 heteroatoms. The summed E-state index contributed by atoms with van der Waals surface area (Å²) < 4.78 is 10.4. The van der Waals surface area contributed by atoms with Crippen molar-refractivity contribution >= 4 is 18.1 Å². The molecular formula is C23H20N2O4. The molecule has 0 saturated heterocycles. The number of benzene rings is 3. The van der Waals surface area contributed by atoms with Crippen LogP contribution in [0.2, 0.25) is 0 Å². The van der Waals surface area contributed by atoms with Crippen molar-refractivity contribution in [2.45, 2.75) is 6.61 Å². The van der Waals surface area contributed by atoms with Crippen LogP contribution in [0.25, 0.3) is 0 Å². The van der Waals surface area contributed by atoms with E-state index in [0.717, 1.165) is 11.3 Å². The first-order valence-corrected chi connectivity index (χ1v) is 8.95. The Bertz CT molecular complexity index is 999. The highest BCUT2D eigenvalue weighted by atomic mass is 16.5. The smallest absolute Gasteiger partial charge is 0.338 e. The first kappa shape index (κ1) is 19.8. The molecule has 0 atom stereocenters. The lowest BCUT2D eigenvalue weighted by molar-refractivity contribution is 0.0600. The zero-order chi connectivity index (χ0) is 20.5. The van der Waals surface area contributed by atoms with Crippen LogP contribution < -0.4 is 10.2 Å². The molecule has 146 valence electrons. The number of nitrogens with zero attached hydrogens (tertiary/aromatic N) is 1. The van der Waals surface area contributed by atoms with Crippen molar-refractivity contribution in [3.8, 4) is 5.75 Å². The lowest BCUT2D eigenvalue weighted by Gasteiger charge is -2.07. The predicted octanol–water partition coefficient (Wildman–Crippen LogP) is 3.82. The quantitative estimate of drug-likeness (QED) is 0.379. The van der Waals surface area contributed by atoms with Gasteiger partial charge in [0.15, 0.2) is 0 Å². The van der Waals surface area contributed by atoms with Gasteiger partial charge < -0.3 is 9.47 Å². The van der Waals surface area contributed by atoms with Crippen LogP contribution in [0.3, 0.4) is 0 Å². The molecule has 0 aliphatic rings. The van der Waals surface area contributed by atoms with Gasteiger partial charge in [0.1, 0.15) is 12.4 Å². The van der Waals surface area contributed by atoms with Gasteiger partial charge in [-0.15, -0.1) is 0 Å². The number of esters is 1. The van der Waals surface area contributed by atoms with Gasteiger partial charge >= 0.3 is 5.97 Å². The minimum absolute atomic E-state index is 0.354. The lowest BCUT2D eigenvalue weighted by Crippen LogP contribution is -2.18. The fraction of sp³-hybridized carbons (Fsp3) is 0.0870. The van der Waals surface area contributed by atoms with Crippen LogP contribution in [0, 0.1) is 0 Å². The van der Waals surface area contributed by atoms with E-state index in [1.165, 1.54) is 13.3 Å². The van der Waals surface area contributed by atoms with E-state index in [4.69, 9.17) is 9.47 Å². The van der Waals surface area contributed by atoms with Gasteiger partial charge in [-0.25, -0.2) is 10.2 Å². The van der Waals surface area contributed by atoms with Crippen LogP contribution in [-0.4, -0.2) is 25.2 Å². The highest BCUT2D eigenvalue weighted by Crippen LogP contribution is 2.12. The van der Waals surface area contributed by atoms with Crippen LogP contribution in [0.1, 0.15) is 31.8 Å². The van der Waals surface area contributed by atoms with Crippen LogP contribution in [0.4, 0.5) is 0 Å². The van der Waals surface area contributed by atoms with E-state index in [9.17, 15) is 9.59 Å². The van der Waals surface area contributed by atoms with Crippen LogP contribution in [0.5, 0.6) is 5.75 Å². The van der Waals surface area contributed by atoms with Gasteiger partial charge in [0.05, 0.1) is 18.9 Å². The molecule has 3 aromatic rings. The summed E-state index contributed by atoms with van der Waals surface area (Å²) >= 11 is 0. The van der Waals surface area contributed by atoms with Gasteiger partial charge in [-0.2, -0.15) is 5.10 Å². The number of carbonyl (C=O) groups excluding carboxylic acids is 2. The number of methoxy groups -OCH3 is 1. The van der Waals surface area contributed by atoms with Crippen LogP contribution in [0.15, 0.2) is 84.0 Å². The Kier molecular flexibility index (Phi) is 6.73. The minimum atomic E-state index is -0.466. The highest BCUT2D eigenvalue weighted by Gasteiger charge is 2.09. The molecule has 29 heavy (non-hydrogen) atoms. The van der Waals surface area contributed by atoms with Crippen molar-refractivity contribution in [1.29, 1.82) is 0 Å². The van der Waals surface area contributed by atoms with Crippen molar-refractivity contribution < 1.29 is 19.1 Å². The van der Waals surface area contributed by atoms with Crippen molar-refractivity contribution in [3.05, 3.63) is 101 Å². The number of para-hydroxylation sites is 1. The molecule has 0 saturated carbocycles. The number of hydrazone groups is 1. The molecule has 1 amide bonds. The molecule has 3 rings (SSSR count). The number of ether oxygens (including phenoxy) is 2. The molecular weight excluding hydrogens is 368 g/mol. The second-order valence-corrected chi connectivity index (χ2v) is 6.08. The molecule has 3 aromatic carbocycles. The Morgan fingerprint density at radius 2 is 1.62 bits per heavy atom. The molecule has 0 radical (unpaired) electrons. The van der Waals surface area contributed by atoms with E-state index in [1.54, 1.807) is 36.4 Å². The zero-order valence-electron chi connectivity index (χ0n) is 15.9. The summed E-state index contributed by atoms with van der Waals surface area (Å²) in [7, 11) is 1.31. The first-order valence-electron chi connectivity index (χ1n) is 8.95. The number of hydrogen-bond donors (Lipinski definition) is 1.